The maximum Gasteiger partial charge on any atom is 0.291 e. The molecule has 0 atom stereocenters. The molecule has 3 aromatic rings. The van der Waals surface area contributed by atoms with Gasteiger partial charge in [0.1, 0.15) is 10.7 Å². The molecule has 3 aromatic heterocycles. The van der Waals surface area contributed by atoms with Crippen molar-refractivity contribution in [3.63, 3.8) is 0 Å². The Morgan fingerprint density at radius 2 is 2.17 bits per heavy atom. The molecule has 0 amide bonds. The molecule has 6 nitrogen and oxygen atoms in total. The minimum Gasteiger partial charge on any atom is -0.308 e. The van der Waals surface area contributed by atoms with Crippen LogP contribution in [0.3, 0.4) is 0 Å². The van der Waals surface area contributed by atoms with Crippen LogP contribution in [-0.2, 0) is 6.54 Å². The van der Waals surface area contributed by atoms with Gasteiger partial charge in [-0.1, -0.05) is 35.3 Å². The number of aromatic nitrogens is 5. The van der Waals surface area contributed by atoms with E-state index in [1.165, 1.54) is 16.3 Å². The summed E-state index contributed by atoms with van der Waals surface area (Å²) in [5.41, 5.74) is 1.86. The largest absolute Gasteiger partial charge is 0.308 e. The number of thioether (sulfide) groups is 1. The van der Waals surface area contributed by atoms with E-state index in [0.717, 1.165) is 11.3 Å². The van der Waals surface area contributed by atoms with Gasteiger partial charge < -0.3 is 4.57 Å². The lowest BCUT2D eigenvalue weighted by Crippen LogP contribution is -2.25. The van der Waals surface area contributed by atoms with Crippen molar-refractivity contribution in [2.45, 2.75) is 25.5 Å². The van der Waals surface area contributed by atoms with Crippen LogP contribution >= 0.6 is 23.4 Å². The third-order valence-corrected chi connectivity index (χ3v) is 4.31. The average molecular weight is 360 g/mol. The molecular formula is C16H14ClN5OS. The van der Waals surface area contributed by atoms with Crippen LogP contribution in [0.2, 0.25) is 5.15 Å². The maximum absolute atomic E-state index is 12.6. The molecule has 0 radical (unpaired) electrons. The van der Waals surface area contributed by atoms with Crippen LogP contribution in [0.25, 0.3) is 5.78 Å². The molecule has 0 unspecified atom stereocenters. The standard InChI is InChI=1S/C16H14ClN5OS/c1-4-5-12-10(2)21(9-11-6-7-13(17)18-8-11)16-19-15(24-3)20-22(16)14(12)23/h6-8H,9H2,1-3H3. The Morgan fingerprint density at radius 3 is 2.79 bits per heavy atom. The van der Waals surface area contributed by atoms with Crippen LogP contribution in [0.4, 0.5) is 0 Å². The second-order valence-electron chi connectivity index (χ2n) is 5.03. The Hall–Kier alpha value is -2.30. The molecule has 0 bridgehead atoms. The molecule has 122 valence electrons. The molecule has 3 heterocycles. The maximum atomic E-state index is 12.6. The highest BCUT2D eigenvalue weighted by molar-refractivity contribution is 7.98. The lowest BCUT2D eigenvalue weighted by atomic mass is 10.2. The Balaban J connectivity index is 2.27. The fraction of sp³-hybridized carbons (Fsp3) is 0.250. The molecule has 0 aliphatic heterocycles. The van der Waals surface area contributed by atoms with Gasteiger partial charge in [0.05, 0.1) is 6.54 Å². The molecule has 0 saturated carbocycles. The highest BCUT2D eigenvalue weighted by Gasteiger charge is 2.17. The molecule has 0 aromatic carbocycles. The number of pyridine rings is 1. The zero-order valence-corrected chi connectivity index (χ0v) is 14.9. The van der Waals surface area contributed by atoms with Crippen molar-refractivity contribution >= 4 is 29.1 Å². The minimum atomic E-state index is -0.255. The molecule has 0 spiro atoms. The number of nitrogens with zero attached hydrogens (tertiary/aromatic N) is 5. The molecular weight excluding hydrogens is 346 g/mol. The smallest absolute Gasteiger partial charge is 0.291 e. The normalized spacial score (nSPS) is 10.7. The van der Waals surface area contributed by atoms with Gasteiger partial charge in [-0.05, 0) is 31.7 Å². The van der Waals surface area contributed by atoms with Crippen molar-refractivity contribution in [1.29, 1.82) is 0 Å². The van der Waals surface area contributed by atoms with Gasteiger partial charge in [0.15, 0.2) is 0 Å². The van der Waals surface area contributed by atoms with E-state index in [1.54, 1.807) is 19.2 Å². The molecule has 0 saturated heterocycles. The van der Waals surface area contributed by atoms with Crippen LogP contribution in [0.15, 0.2) is 28.3 Å². The summed E-state index contributed by atoms with van der Waals surface area (Å²) in [5, 5.41) is 5.24. The van der Waals surface area contributed by atoms with E-state index >= 15 is 0 Å². The lowest BCUT2D eigenvalue weighted by Gasteiger charge is -2.13. The zero-order valence-electron chi connectivity index (χ0n) is 13.4. The zero-order chi connectivity index (χ0) is 17.3. The summed E-state index contributed by atoms with van der Waals surface area (Å²) in [7, 11) is 0. The number of rotatable bonds is 3. The fourth-order valence-corrected chi connectivity index (χ4v) is 2.82. The Kier molecular flexibility index (Phi) is 4.60. The van der Waals surface area contributed by atoms with Crippen molar-refractivity contribution in [2.24, 2.45) is 0 Å². The summed E-state index contributed by atoms with van der Waals surface area (Å²) in [6.45, 7) is 4.05. The third-order valence-electron chi connectivity index (χ3n) is 3.55. The van der Waals surface area contributed by atoms with Crippen molar-refractivity contribution in [3.05, 3.63) is 50.7 Å². The molecule has 8 heteroatoms. The van der Waals surface area contributed by atoms with Crippen LogP contribution in [0, 0.1) is 18.8 Å². The van der Waals surface area contributed by atoms with Gasteiger partial charge in [-0.2, -0.15) is 9.50 Å². The highest BCUT2D eigenvalue weighted by atomic mass is 35.5. The van der Waals surface area contributed by atoms with Gasteiger partial charge in [0, 0.05) is 11.9 Å². The summed E-state index contributed by atoms with van der Waals surface area (Å²) in [6, 6.07) is 3.62. The van der Waals surface area contributed by atoms with Gasteiger partial charge in [-0.15, -0.1) is 11.0 Å². The monoisotopic (exact) mass is 359 g/mol. The van der Waals surface area contributed by atoms with E-state index in [1.807, 2.05) is 23.8 Å². The number of hydrogen-bond acceptors (Lipinski definition) is 5. The first-order valence-electron chi connectivity index (χ1n) is 7.12. The first-order valence-corrected chi connectivity index (χ1v) is 8.72. The topological polar surface area (TPSA) is 65.1 Å². The van der Waals surface area contributed by atoms with Crippen molar-refractivity contribution in [1.82, 2.24) is 24.1 Å². The third kappa shape index (κ3) is 2.90. The summed E-state index contributed by atoms with van der Waals surface area (Å²) in [4.78, 5) is 21.2. The summed E-state index contributed by atoms with van der Waals surface area (Å²) >= 11 is 7.23. The fourth-order valence-electron chi connectivity index (χ4n) is 2.37. The SMILES string of the molecule is CC#Cc1c(C)n(Cc2ccc(Cl)nc2)c2nc(SC)nn2c1=O. The summed E-state index contributed by atoms with van der Waals surface area (Å²) in [6.07, 6.45) is 3.57. The van der Waals surface area contributed by atoms with E-state index in [9.17, 15) is 4.79 Å². The second-order valence-corrected chi connectivity index (χ2v) is 6.19. The van der Waals surface area contributed by atoms with Crippen LogP contribution in [0.5, 0.6) is 0 Å². The molecule has 24 heavy (non-hydrogen) atoms. The van der Waals surface area contributed by atoms with Gasteiger partial charge in [-0.25, -0.2) is 4.98 Å². The van der Waals surface area contributed by atoms with Gasteiger partial charge in [0.25, 0.3) is 5.56 Å². The first kappa shape index (κ1) is 16.6. The molecule has 0 N–H and O–H groups in total. The molecule has 3 rings (SSSR count). The number of halogens is 1. The second kappa shape index (κ2) is 6.67. The Labute approximate surface area is 147 Å². The van der Waals surface area contributed by atoms with Gasteiger partial charge >= 0.3 is 0 Å². The van der Waals surface area contributed by atoms with Gasteiger partial charge in [0.2, 0.25) is 10.9 Å². The summed E-state index contributed by atoms with van der Waals surface area (Å²) < 4.78 is 3.22. The highest BCUT2D eigenvalue weighted by Crippen LogP contribution is 2.15. The van der Waals surface area contributed by atoms with E-state index in [2.05, 4.69) is 26.9 Å². The predicted molar refractivity (Wildman–Crippen MR) is 94.7 cm³/mol. The van der Waals surface area contributed by atoms with Gasteiger partial charge in [-0.3, -0.25) is 4.79 Å². The van der Waals surface area contributed by atoms with Crippen molar-refractivity contribution in [3.8, 4) is 11.8 Å². The first-order chi connectivity index (χ1) is 11.5. The van der Waals surface area contributed by atoms with Crippen molar-refractivity contribution < 1.29 is 0 Å². The quantitative estimate of drug-likeness (QED) is 0.408. The van der Waals surface area contributed by atoms with Crippen molar-refractivity contribution in [2.75, 3.05) is 6.26 Å². The van der Waals surface area contributed by atoms with Crippen LogP contribution in [-0.4, -0.2) is 30.4 Å². The lowest BCUT2D eigenvalue weighted by molar-refractivity contribution is 0.724. The number of hydrogen-bond donors (Lipinski definition) is 0. The number of fused-ring (bicyclic) bond motifs is 1. The van der Waals surface area contributed by atoms with Crippen LogP contribution < -0.4 is 5.56 Å². The Bertz CT molecular complexity index is 1030. The molecule has 0 aliphatic rings. The molecule has 0 aliphatic carbocycles. The summed E-state index contributed by atoms with van der Waals surface area (Å²) in [5.74, 6) is 6.16. The molecule has 0 fully saturated rings. The minimum absolute atomic E-state index is 0.255. The Morgan fingerprint density at radius 1 is 1.38 bits per heavy atom. The van der Waals surface area contributed by atoms with E-state index in [4.69, 9.17) is 11.6 Å². The van der Waals surface area contributed by atoms with E-state index < -0.39 is 0 Å². The van der Waals surface area contributed by atoms with Crippen LogP contribution in [0.1, 0.15) is 23.7 Å². The van der Waals surface area contributed by atoms with E-state index in [-0.39, 0.29) is 5.56 Å². The average Bonchev–Trinajstić information content (AvgIpc) is 3.02. The van der Waals surface area contributed by atoms with E-state index in [0.29, 0.717) is 28.2 Å². The predicted octanol–water partition coefficient (Wildman–Crippen LogP) is 2.39.